The molecule has 1 amide bonds. The largest absolute Gasteiger partial charge is 0.380 e. The van der Waals surface area contributed by atoms with E-state index in [-0.39, 0.29) is 12.2 Å². The lowest BCUT2D eigenvalue weighted by atomic mass is 9.98. The topological polar surface area (TPSA) is 148 Å². The van der Waals surface area contributed by atoms with Gasteiger partial charge in [0.1, 0.15) is 11.4 Å². The molecule has 1 aliphatic heterocycles. The van der Waals surface area contributed by atoms with Crippen molar-refractivity contribution in [1.29, 1.82) is 0 Å². The van der Waals surface area contributed by atoms with Crippen LogP contribution in [0.25, 0.3) is 22.5 Å². The van der Waals surface area contributed by atoms with Crippen molar-refractivity contribution in [2.45, 2.75) is 12.0 Å². The molecule has 0 radical (unpaired) electrons. The number of hydrogen-bond acceptors (Lipinski definition) is 9. The molecule has 0 aliphatic carbocycles. The van der Waals surface area contributed by atoms with Gasteiger partial charge >= 0.3 is 0 Å². The van der Waals surface area contributed by atoms with Gasteiger partial charge in [0.2, 0.25) is 11.5 Å². The Morgan fingerprint density at radius 3 is 2.67 bits per heavy atom. The van der Waals surface area contributed by atoms with Gasteiger partial charge in [0.25, 0.3) is 5.91 Å². The summed E-state index contributed by atoms with van der Waals surface area (Å²) in [4.78, 5) is 22.7. The molecule has 1 aromatic carbocycles. The Bertz CT molecular complexity index is 1350. The molecular formula is C22H22N8O3. The molecule has 5 rings (SSSR count). The quantitative estimate of drug-likeness (QED) is 0.418. The first kappa shape index (κ1) is 20.6. The Hall–Kier alpha value is -4.25. The Kier molecular flexibility index (Phi) is 4.82. The molecule has 0 bridgehead atoms. The molecule has 3 aromatic heterocycles. The third kappa shape index (κ3) is 3.68. The first-order valence-corrected chi connectivity index (χ1v) is 10.3. The maximum Gasteiger partial charge on any atom is 0.262 e. The number of benzene rings is 1. The van der Waals surface area contributed by atoms with Gasteiger partial charge in [0.05, 0.1) is 11.9 Å². The van der Waals surface area contributed by atoms with Crippen molar-refractivity contribution in [3.05, 3.63) is 54.6 Å². The molecule has 33 heavy (non-hydrogen) atoms. The maximum absolute atomic E-state index is 12.4. The number of likely N-dealkylation sites (tertiary alicyclic amines) is 1. The number of nitrogens with one attached hydrogen (secondary N) is 1. The van der Waals surface area contributed by atoms with Gasteiger partial charge in [-0.1, -0.05) is 23.4 Å². The average molecular weight is 446 g/mol. The second kappa shape index (κ2) is 7.71. The van der Waals surface area contributed by atoms with E-state index in [2.05, 4.69) is 25.5 Å². The van der Waals surface area contributed by atoms with Gasteiger partial charge in [0, 0.05) is 50.5 Å². The van der Waals surface area contributed by atoms with Gasteiger partial charge < -0.3 is 25.6 Å². The van der Waals surface area contributed by atoms with E-state index in [1.54, 1.807) is 43.3 Å². The molecular weight excluding hydrogens is 424 g/mol. The third-order valence-corrected chi connectivity index (χ3v) is 5.64. The van der Waals surface area contributed by atoms with Crippen LogP contribution in [0.5, 0.6) is 0 Å². The fourth-order valence-electron chi connectivity index (χ4n) is 3.83. The van der Waals surface area contributed by atoms with Crippen LogP contribution in [0, 0.1) is 0 Å². The number of anilines is 3. The summed E-state index contributed by atoms with van der Waals surface area (Å²) in [6.07, 6.45) is 3.65. The van der Waals surface area contributed by atoms with Crippen LogP contribution < -0.4 is 11.1 Å². The van der Waals surface area contributed by atoms with Crippen molar-refractivity contribution in [2.75, 3.05) is 24.6 Å². The van der Waals surface area contributed by atoms with Crippen LogP contribution in [-0.4, -0.2) is 54.4 Å². The molecule has 1 aliphatic rings. The third-order valence-electron chi connectivity index (χ3n) is 5.64. The summed E-state index contributed by atoms with van der Waals surface area (Å²) >= 11 is 0. The molecule has 11 heteroatoms. The number of likely N-dealkylation sites (N-methyl/N-ethyl adjacent to an activating group) is 1. The summed E-state index contributed by atoms with van der Waals surface area (Å²) in [6, 6.07) is 11.0. The summed E-state index contributed by atoms with van der Waals surface area (Å²) in [6.45, 7) is 0.454. The van der Waals surface area contributed by atoms with Crippen molar-refractivity contribution in [1.82, 2.24) is 29.8 Å². The highest BCUT2D eigenvalue weighted by Crippen LogP contribution is 2.35. The van der Waals surface area contributed by atoms with Crippen molar-refractivity contribution in [2.24, 2.45) is 7.05 Å². The minimum absolute atomic E-state index is 0.139. The maximum atomic E-state index is 12.4. The van der Waals surface area contributed by atoms with Crippen LogP contribution in [0.1, 0.15) is 12.2 Å². The van der Waals surface area contributed by atoms with Crippen LogP contribution in [0.3, 0.4) is 0 Å². The van der Waals surface area contributed by atoms with Crippen molar-refractivity contribution in [3.8, 4) is 22.5 Å². The second-order valence-corrected chi connectivity index (χ2v) is 7.99. The second-order valence-electron chi connectivity index (χ2n) is 7.99. The number of aliphatic hydroxyl groups is 1. The van der Waals surface area contributed by atoms with Gasteiger partial charge in [0.15, 0.2) is 11.6 Å². The van der Waals surface area contributed by atoms with Crippen molar-refractivity contribution < 1.29 is 14.4 Å². The smallest absolute Gasteiger partial charge is 0.262 e. The lowest BCUT2D eigenvalue weighted by Gasteiger charge is -2.16. The van der Waals surface area contributed by atoms with Crippen LogP contribution in [0.2, 0.25) is 0 Å². The lowest BCUT2D eigenvalue weighted by molar-refractivity contribution is -0.144. The van der Waals surface area contributed by atoms with E-state index in [1.807, 2.05) is 24.3 Å². The number of aromatic nitrogens is 5. The Morgan fingerprint density at radius 2 is 1.97 bits per heavy atom. The fourth-order valence-corrected chi connectivity index (χ4v) is 3.83. The zero-order valence-corrected chi connectivity index (χ0v) is 18.1. The molecule has 11 nitrogen and oxygen atoms in total. The summed E-state index contributed by atoms with van der Waals surface area (Å²) < 4.78 is 6.97. The number of nitrogen functional groups attached to an aromatic ring is 1. The summed E-state index contributed by atoms with van der Waals surface area (Å²) in [5.41, 5.74) is 7.61. The van der Waals surface area contributed by atoms with Crippen molar-refractivity contribution >= 4 is 23.4 Å². The van der Waals surface area contributed by atoms with E-state index in [0.29, 0.717) is 35.4 Å². The van der Waals surface area contributed by atoms with Gasteiger partial charge in [-0.2, -0.15) is 5.10 Å². The number of carbonyl (C=O) groups is 1. The number of carbonyl (C=O) groups excluding carboxylic acids is 1. The van der Waals surface area contributed by atoms with Crippen LogP contribution in [-0.2, 0) is 17.4 Å². The predicted molar refractivity (Wildman–Crippen MR) is 120 cm³/mol. The minimum Gasteiger partial charge on any atom is -0.380 e. The molecule has 168 valence electrons. The van der Waals surface area contributed by atoms with E-state index in [4.69, 9.17) is 10.3 Å². The average Bonchev–Trinajstić information content (AvgIpc) is 3.50. The predicted octanol–water partition coefficient (Wildman–Crippen LogP) is 1.91. The lowest BCUT2D eigenvalue weighted by Crippen LogP contribution is -2.35. The van der Waals surface area contributed by atoms with Gasteiger partial charge in [-0.15, -0.1) is 0 Å². The van der Waals surface area contributed by atoms with Gasteiger partial charge in [-0.25, -0.2) is 9.97 Å². The highest BCUT2D eigenvalue weighted by molar-refractivity contribution is 5.87. The number of nitrogens with two attached hydrogens (primary N) is 1. The summed E-state index contributed by atoms with van der Waals surface area (Å²) in [5.74, 6) is 0.477. The molecule has 1 atom stereocenters. The number of rotatable bonds is 5. The number of nitrogens with zero attached hydrogens (tertiary/aromatic N) is 6. The fraction of sp³-hybridized carbons (Fsp3) is 0.227. The SMILES string of the molecule is CN1CCC(O)(c2cc(-c3cccc(-c4ccnc(Nc5cn(C)nc5N)n4)c3)no2)C1=O. The highest BCUT2D eigenvalue weighted by atomic mass is 16.5. The molecule has 4 aromatic rings. The molecule has 1 fully saturated rings. The molecule has 1 unspecified atom stereocenters. The molecule has 0 spiro atoms. The van der Waals surface area contributed by atoms with Crippen LogP contribution in [0.15, 0.2) is 53.3 Å². The Balaban J connectivity index is 1.42. The van der Waals surface area contributed by atoms with Crippen LogP contribution >= 0.6 is 0 Å². The van der Waals surface area contributed by atoms with E-state index >= 15 is 0 Å². The monoisotopic (exact) mass is 446 g/mol. The summed E-state index contributed by atoms with van der Waals surface area (Å²) in [7, 11) is 3.42. The van der Waals surface area contributed by atoms with Gasteiger partial charge in [-0.05, 0) is 12.1 Å². The standard InChI is InChI=1S/C22H22N8O3/c1-29-9-7-22(32,20(29)31)18-11-16(28-33-18)14-5-3-4-13(10-14)15-6-8-24-21(25-15)26-17-12-30(2)27-19(17)23/h3-6,8,10-12,32H,7,9H2,1-2H3,(H2,23,27)(H,24,25,26). The number of amides is 1. The zero-order valence-electron chi connectivity index (χ0n) is 18.1. The van der Waals surface area contributed by atoms with Gasteiger partial charge in [-0.3, -0.25) is 9.48 Å². The highest BCUT2D eigenvalue weighted by Gasteiger charge is 2.48. The Morgan fingerprint density at radius 1 is 1.18 bits per heavy atom. The van der Waals surface area contributed by atoms with E-state index in [9.17, 15) is 9.90 Å². The van der Waals surface area contributed by atoms with Crippen LogP contribution in [0.4, 0.5) is 17.5 Å². The number of hydrogen-bond donors (Lipinski definition) is 3. The number of aryl methyl sites for hydroxylation is 1. The first-order chi connectivity index (χ1) is 15.8. The molecule has 1 saturated heterocycles. The van der Waals surface area contributed by atoms with E-state index in [0.717, 1.165) is 11.1 Å². The molecule has 4 N–H and O–H groups in total. The first-order valence-electron chi connectivity index (χ1n) is 10.3. The van der Waals surface area contributed by atoms with Crippen molar-refractivity contribution in [3.63, 3.8) is 0 Å². The minimum atomic E-state index is -1.68. The van der Waals surface area contributed by atoms with E-state index in [1.165, 1.54) is 4.90 Å². The molecule has 4 heterocycles. The zero-order chi connectivity index (χ0) is 23.2. The normalized spacial score (nSPS) is 18.2. The summed E-state index contributed by atoms with van der Waals surface area (Å²) in [5, 5.41) is 22.1. The molecule has 0 saturated carbocycles. The van der Waals surface area contributed by atoms with E-state index < -0.39 is 11.5 Å². The Labute approximate surface area is 188 Å².